The summed E-state index contributed by atoms with van der Waals surface area (Å²) in [5.74, 6) is 1.30. The van der Waals surface area contributed by atoms with Gasteiger partial charge >= 0.3 is 0 Å². The van der Waals surface area contributed by atoms with Gasteiger partial charge in [-0.2, -0.15) is 5.10 Å². The van der Waals surface area contributed by atoms with E-state index in [1.807, 2.05) is 19.9 Å². The van der Waals surface area contributed by atoms with Crippen molar-refractivity contribution < 1.29 is 14.3 Å². The monoisotopic (exact) mass is 448 g/mol. The number of carbonyl (C=O) groups excluding carboxylic acids is 2. The molecule has 3 heterocycles. The zero-order chi connectivity index (χ0) is 23.5. The number of amides is 2. The molecule has 0 bridgehead atoms. The fourth-order valence-electron chi connectivity index (χ4n) is 3.84. The van der Waals surface area contributed by atoms with E-state index in [0.717, 1.165) is 12.1 Å². The molecule has 1 atom stereocenters. The van der Waals surface area contributed by atoms with Crippen LogP contribution in [0, 0.1) is 6.92 Å². The van der Waals surface area contributed by atoms with E-state index in [1.165, 1.54) is 0 Å². The van der Waals surface area contributed by atoms with Gasteiger partial charge in [0.05, 0.1) is 18.4 Å². The van der Waals surface area contributed by atoms with Crippen LogP contribution < -0.4 is 10.1 Å². The number of nitrogens with zero attached hydrogens (tertiary/aromatic N) is 4. The lowest BCUT2D eigenvalue weighted by atomic mass is 10.1. The van der Waals surface area contributed by atoms with E-state index in [4.69, 9.17) is 4.74 Å². The second kappa shape index (κ2) is 9.40. The Bertz CT molecular complexity index is 1160. The summed E-state index contributed by atoms with van der Waals surface area (Å²) >= 11 is 0. The van der Waals surface area contributed by atoms with Crippen LogP contribution in [0.15, 0.2) is 36.5 Å². The van der Waals surface area contributed by atoms with Crippen LogP contribution >= 0.6 is 0 Å². The number of aromatic nitrogens is 4. The van der Waals surface area contributed by atoms with Crippen LogP contribution in [-0.4, -0.2) is 57.1 Å². The van der Waals surface area contributed by atoms with Crippen molar-refractivity contribution in [3.8, 4) is 5.75 Å². The van der Waals surface area contributed by atoms with Gasteiger partial charge < -0.3 is 15.0 Å². The van der Waals surface area contributed by atoms with Crippen LogP contribution in [0.2, 0.25) is 0 Å². The Kier molecular flexibility index (Phi) is 6.39. The Morgan fingerprint density at radius 3 is 2.64 bits per heavy atom. The first-order valence-electron chi connectivity index (χ1n) is 11.0. The third-order valence-corrected chi connectivity index (χ3v) is 5.87. The standard InChI is InChI=1S/C24H28N6O3/c1-14(2)20-11-21(29-28-20)24(32)30-10-9-16(13-30)22-25-12-19(15(3)26-22)23(31)27-17-5-7-18(33-4)8-6-17/h5-8,11-12,14,16H,9-10,13H2,1-4H3,(H,27,31)(H,28,29). The van der Waals surface area contributed by atoms with Crippen molar-refractivity contribution in [1.82, 2.24) is 25.1 Å². The van der Waals surface area contributed by atoms with Crippen LogP contribution in [0.3, 0.4) is 0 Å². The minimum Gasteiger partial charge on any atom is -0.497 e. The summed E-state index contributed by atoms with van der Waals surface area (Å²) in [6.07, 6.45) is 2.33. The third kappa shape index (κ3) is 4.87. The van der Waals surface area contributed by atoms with Gasteiger partial charge in [-0.1, -0.05) is 13.8 Å². The first-order chi connectivity index (χ1) is 15.9. The molecule has 2 N–H and O–H groups in total. The molecular weight excluding hydrogens is 420 g/mol. The van der Waals surface area contributed by atoms with Crippen molar-refractivity contribution in [2.45, 2.75) is 39.0 Å². The molecule has 172 valence electrons. The summed E-state index contributed by atoms with van der Waals surface area (Å²) in [6.45, 7) is 7.04. The van der Waals surface area contributed by atoms with Crippen molar-refractivity contribution in [3.63, 3.8) is 0 Å². The smallest absolute Gasteiger partial charge is 0.274 e. The molecule has 1 fully saturated rings. The first-order valence-corrected chi connectivity index (χ1v) is 11.0. The third-order valence-electron chi connectivity index (χ3n) is 5.87. The van der Waals surface area contributed by atoms with Crippen LogP contribution in [0.1, 0.15) is 70.2 Å². The van der Waals surface area contributed by atoms with E-state index in [9.17, 15) is 9.59 Å². The molecule has 0 aliphatic carbocycles. The predicted molar refractivity (Wildman–Crippen MR) is 124 cm³/mol. The normalized spacial score (nSPS) is 15.7. The van der Waals surface area contributed by atoms with Crippen molar-refractivity contribution in [3.05, 3.63) is 65.0 Å². The largest absolute Gasteiger partial charge is 0.497 e. The molecule has 1 aliphatic heterocycles. The number of hydrogen-bond donors (Lipinski definition) is 2. The average Bonchev–Trinajstić information content (AvgIpc) is 3.49. The number of anilines is 1. The topological polar surface area (TPSA) is 113 Å². The SMILES string of the molecule is COc1ccc(NC(=O)c2cnc(C3CCN(C(=O)c4cc(C(C)C)[nH]n4)C3)nc2C)cc1. The van der Waals surface area contributed by atoms with Gasteiger partial charge in [0, 0.05) is 36.6 Å². The molecule has 0 saturated carbocycles. The fraction of sp³-hybridized carbons (Fsp3) is 0.375. The number of rotatable bonds is 6. The molecule has 0 spiro atoms. The van der Waals surface area contributed by atoms with Crippen molar-refractivity contribution >= 4 is 17.5 Å². The number of nitrogens with one attached hydrogen (secondary N) is 2. The molecule has 1 aliphatic rings. The Balaban J connectivity index is 1.41. The molecule has 2 aromatic heterocycles. The van der Waals surface area contributed by atoms with Gasteiger partial charge in [-0.3, -0.25) is 14.7 Å². The highest BCUT2D eigenvalue weighted by Gasteiger charge is 2.31. The van der Waals surface area contributed by atoms with Gasteiger partial charge in [-0.15, -0.1) is 0 Å². The van der Waals surface area contributed by atoms with E-state index in [1.54, 1.807) is 49.4 Å². The van der Waals surface area contributed by atoms with E-state index < -0.39 is 0 Å². The highest BCUT2D eigenvalue weighted by molar-refractivity contribution is 6.04. The molecule has 1 saturated heterocycles. The number of methoxy groups -OCH3 is 1. The van der Waals surface area contributed by atoms with Crippen molar-refractivity contribution in [2.24, 2.45) is 0 Å². The molecule has 4 rings (SSSR count). The fourth-order valence-corrected chi connectivity index (χ4v) is 3.84. The van der Waals surface area contributed by atoms with Crippen LogP contribution in [-0.2, 0) is 0 Å². The maximum absolute atomic E-state index is 12.8. The quantitative estimate of drug-likeness (QED) is 0.597. The molecule has 9 nitrogen and oxygen atoms in total. The second-order valence-electron chi connectivity index (χ2n) is 8.51. The minimum atomic E-state index is -0.271. The molecule has 33 heavy (non-hydrogen) atoms. The number of carbonyl (C=O) groups is 2. The maximum atomic E-state index is 12.8. The van der Waals surface area contributed by atoms with Gasteiger partial charge in [0.1, 0.15) is 17.3 Å². The number of H-pyrrole nitrogens is 1. The summed E-state index contributed by atoms with van der Waals surface area (Å²) in [6, 6.07) is 8.92. The average molecular weight is 449 g/mol. The van der Waals surface area contributed by atoms with Gasteiger partial charge in [0.25, 0.3) is 11.8 Å². The maximum Gasteiger partial charge on any atom is 0.274 e. The van der Waals surface area contributed by atoms with E-state index in [2.05, 4.69) is 25.5 Å². The summed E-state index contributed by atoms with van der Waals surface area (Å²) in [4.78, 5) is 36.3. The Labute approximate surface area is 192 Å². The lowest BCUT2D eigenvalue weighted by Crippen LogP contribution is -2.29. The number of hydrogen-bond acceptors (Lipinski definition) is 6. The molecule has 1 unspecified atom stereocenters. The Hall–Kier alpha value is -3.75. The van der Waals surface area contributed by atoms with Gasteiger partial charge in [0.15, 0.2) is 0 Å². The summed E-state index contributed by atoms with van der Waals surface area (Å²) in [5.41, 5.74) is 3.05. The minimum absolute atomic E-state index is 0.0230. The number of ether oxygens (including phenoxy) is 1. The Morgan fingerprint density at radius 1 is 1.24 bits per heavy atom. The zero-order valence-electron chi connectivity index (χ0n) is 19.3. The van der Waals surface area contributed by atoms with Gasteiger partial charge in [-0.05, 0) is 49.6 Å². The Morgan fingerprint density at radius 2 is 2.00 bits per heavy atom. The van der Waals surface area contributed by atoms with Crippen molar-refractivity contribution in [1.29, 1.82) is 0 Å². The van der Waals surface area contributed by atoms with Gasteiger partial charge in [-0.25, -0.2) is 9.97 Å². The van der Waals surface area contributed by atoms with Gasteiger partial charge in [0.2, 0.25) is 0 Å². The first kappa shape index (κ1) is 22.4. The van der Waals surface area contributed by atoms with Crippen molar-refractivity contribution in [2.75, 3.05) is 25.5 Å². The number of aromatic amines is 1. The summed E-state index contributed by atoms with van der Waals surface area (Å²) in [7, 11) is 1.59. The number of likely N-dealkylation sites (tertiary alicyclic amines) is 1. The highest BCUT2D eigenvalue weighted by atomic mass is 16.5. The lowest BCUT2D eigenvalue weighted by molar-refractivity contribution is 0.0784. The molecule has 3 aromatic rings. The van der Waals surface area contributed by atoms with Crippen LogP contribution in [0.5, 0.6) is 5.75 Å². The predicted octanol–water partition coefficient (Wildman–Crippen LogP) is 3.52. The van der Waals surface area contributed by atoms with E-state index in [0.29, 0.717) is 47.3 Å². The van der Waals surface area contributed by atoms with E-state index in [-0.39, 0.29) is 23.7 Å². The van der Waals surface area contributed by atoms with E-state index >= 15 is 0 Å². The number of aryl methyl sites for hydroxylation is 1. The number of benzene rings is 1. The molecule has 0 radical (unpaired) electrons. The second-order valence-corrected chi connectivity index (χ2v) is 8.51. The van der Waals surface area contributed by atoms with Crippen LogP contribution in [0.25, 0.3) is 0 Å². The highest BCUT2D eigenvalue weighted by Crippen LogP contribution is 2.27. The molecular formula is C24H28N6O3. The lowest BCUT2D eigenvalue weighted by Gasteiger charge is -2.15. The molecule has 9 heteroatoms. The summed E-state index contributed by atoms with van der Waals surface area (Å²) < 4.78 is 5.14. The summed E-state index contributed by atoms with van der Waals surface area (Å²) in [5, 5.41) is 9.96. The zero-order valence-corrected chi connectivity index (χ0v) is 19.3. The molecule has 1 aromatic carbocycles. The molecule has 2 amide bonds. The van der Waals surface area contributed by atoms with Crippen LogP contribution in [0.4, 0.5) is 5.69 Å².